The number of nitrogens with one attached hydrogen (secondary N) is 1. The largest absolute Gasteiger partial charge is 0.434 e. The quantitative estimate of drug-likeness (QED) is 0.0924. The number of rotatable bonds is 9. The molecule has 1 rings (SSSR count). The Morgan fingerprint density at radius 3 is 2.03 bits per heavy atom. The van der Waals surface area contributed by atoms with Crippen molar-refractivity contribution >= 4 is 39.5 Å². The molecule has 0 aromatic carbocycles. The summed E-state index contributed by atoms with van der Waals surface area (Å²) in [6.45, 7) is 9.39. The smallest absolute Gasteiger partial charge is 0.309 e. The van der Waals surface area contributed by atoms with E-state index >= 15 is 0 Å². The summed E-state index contributed by atoms with van der Waals surface area (Å²) >= 11 is 0. The Balaban J connectivity index is -0.000000383. The average Bonchev–Trinajstić information content (AvgIpc) is 3.10. The van der Waals surface area contributed by atoms with Gasteiger partial charge < -0.3 is 42.3 Å². The maximum atomic E-state index is 10.6. The molecular weight excluding hydrogens is 442 g/mol. The molecular formula is C20H42B2N6O6. The monoisotopic (exact) mass is 484 g/mol. The van der Waals surface area contributed by atoms with Crippen LogP contribution in [0.3, 0.4) is 0 Å². The molecule has 12 nitrogen and oxygen atoms in total. The number of ether oxygens (including phenoxy) is 2. The van der Waals surface area contributed by atoms with Gasteiger partial charge in [0.15, 0.2) is 7.85 Å². The first-order valence-corrected chi connectivity index (χ1v) is 11.1. The van der Waals surface area contributed by atoms with Crippen molar-refractivity contribution in [2.45, 2.75) is 96.8 Å². The number of aliphatic hydroxyl groups excluding tert-OH is 1. The van der Waals surface area contributed by atoms with E-state index in [0.29, 0.717) is 13.0 Å². The van der Waals surface area contributed by atoms with Crippen molar-refractivity contribution < 1.29 is 29.0 Å². The second-order valence-corrected chi connectivity index (χ2v) is 7.18. The fraction of sp³-hybridized carbons (Fsp3) is 0.800. The van der Waals surface area contributed by atoms with E-state index in [9.17, 15) is 14.4 Å². The molecule has 6 unspecified atom stereocenters. The summed E-state index contributed by atoms with van der Waals surface area (Å²) in [5.74, 6) is -0.453. The maximum absolute atomic E-state index is 10.6. The Kier molecular flexibility index (Phi) is 24.8. The van der Waals surface area contributed by atoms with Gasteiger partial charge in [0.25, 0.3) is 0 Å². The molecule has 0 spiro atoms. The van der Waals surface area contributed by atoms with Crippen LogP contribution in [0.4, 0.5) is 0 Å². The molecule has 0 bridgehead atoms. The first-order chi connectivity index (χ1) is 15.8. The predicted octanol–water partition coefficient (Wildman–Crippen LogP) is -1.90. The van der Waals surface area contributed by atoms with Gasteiger partial charge in [-0.15, -0.1) is 0 Å². The van der Waals surface area contributed by atoms with Crippen molar-refractivity contribution in [3.8, 4) is 0 Å². The van der Waals surface area contributed by atoms with Gasteiger partial charge in [0, 0.05) is 37.8 Å². The summed E-state index contributed by atoms with van der Waals surface area (Å²) in [5.41, 5.74) is 23.2. The fourth-order valence-corrected chi connectivity index (χ4v) is 1.65. The minimum atomic E-state index is -0.856. The summed E-state index contributed by atoms with van der Waals surface area (Å²) < 4.78 is 9.75. The lowest BCUT2D eigenvalue weighted by atomic mass is 9.92. The molecule has 34 heavy (non-hydrogen) atoms. The van der Waals surface area contributed by atoms with Crippen LogP contribution >= 0.6 is 0 Å². The number of carbonyl (C=O) groups is 3. The molecule has 1 aliphatic rings. The molecule has 4 radical (unpaired) electrons. The second-order valence-electron chi connectivity index (χ2n) is 7.18. The molecule has 1 amide bonds. The highest BCUT2D eigenvalue weighted by molar-refractivity contribution is 6.59. The first kappa shape index (κ1) is 36.7. The number of cyclic esters (lactones) is 1. The second kappa shape index (κ2) is 22.9. The van der Waals surface area contributed by atoms with Gasteiger partial charge in [0.05, 0.1) is 24.2 Å². The number of nitrogens with two attached hydrogens (primary N) is 4. The minimum absolute atomic E-state index is 0.0631. The predicted molar refractivity (Wildman–Crippen MR) is 134 cm³/mol. The molecule has 6 atom stereocenters. The summed E-state index contributed by atoms with van der Waals surface area (Å²) in [7, 11) is 9.76. The summed E-state index contributed by atoms with van der Waals surface area (Å²) in [6, 6.07) is -1.93. The van der Waals surface area contributed by atoms with E-state index in [2.05, 4.69) is 10.5 Å². The van der Waals surface area contributed by atoms with Crippen LogP contribution in [0.2, 0.25) is 0 Å². The van der Waals surface area contributed by atoms with Crippen LogP contribution in [-0.4, -0.2) is 87.6 Å². The van der Waals surface area contributed by atoms with Gasteiger partial charge in [-0.1, -0.05) is 20.8 Å². The van der Waals surface area contributed by atoms with Crippen molar-refractivity contribution in [2.24, 2.45) is 28.0 Å². The summed E-state index contributed by atoms with van der Waals surface area (Å²) in [6.07, 6.45) is 3.43. The lowest BCUT2D eigenvalue weighted by Crippen LogP contribution is -2.33. The topological polar surface area (TPSA) is 218 Å². The molecule has 10 N–H and O–H groups in total. The zero-order valence-electron chi connectivity index (χ0n) is 21.0. The highest BCUT2D eigenvalue weighted by Crippen LogP contribution is 2.13. The van der Waals surface area contributed by atoms with Crippen LogP contribution in [0.1, 0.15) is 60.3 Å². The molecule has 1 saturated heterocycles. The number of hydrogen-bond acceptors (Lipinski definition) is 11. The van der Waals surface area contributed by atoms with Crippen LogP contribution in [-0.2, 0) is 23.9 Å². The number of amides is 1. The minimum Gasteiger partial charge on any atom is -0.434 e. The van der Waals surface area contributed by atoms with Crippen LogP contribution in [0, 0.1) is 0 Å². The number of nitrogens with zero attached hydrogens (tertiary/aromatic N) is 1. The van der Waals surface area contributed by atoms with E-state index in [0.717, 1.165) is 12.8 Å². The van der Waals surface area contributed by atoms with E-state index in [4.69, 9.17) is 53.2 Å². The van der Waals surface area contributed by atoms with Gasteiger partial charge in [-0.3, -0.25) is 9.59 Å². The molecule has 194 valence electrons. The van der Waals surface area contributed by atoms with Crippen molar-refractivity contribution in [3.05, 3.63) is 0 Å². The summed E-state index contributed by atoms with van der Waals surface area (Å²) in [5, 5.41) is 12.1. The van der Waals surface area contributed by atoms with Gasteiger partial charge in [-0.2, -0.15) is 5.10 Å². The molecule has 1 aliphatic heterocycles. The van der Waals surface area contributed by atoms with E-state index in [1.54, 1.807) is 0 Å². The molecule has 0 aromatic rings. The molecule has 0 saturated carbocycles. The Bertz CT molecular complexity index is 586. The van der Waals surface area contributed by atoms with Crippen LogP contribution in [0.15, 0.2) is 5.10 Å². The lowest BCUT2D eigenvalue weighted by Gasteiger charge is -2.12. The highest BCUT2D eigenvalue weighted by Gasteiger charge is 2.32. The van der Waals surface area contributed by atoms with E-state index in [1.807, 2.05) is 27.7 Å². The standard InChI is InChI=1S/C6H13N3O.C6H11NO3.C4H10BNO.C4H8BNO/c1-3-6(7)4-8-9-5(2)10;1-2-9-6-4(7)3-5(8)10-6;2*1-2-3(6)4(5)7/h4,6H,3,7H2,1-2H3,(H,9,10);4,6H,2-3,7H2,1H3;3-4,7H,2,6H2,1H3;3H,2,6H2,1H3/b8-4+;;;. The molecule has 1 heterocycles. The SMILES string of the molecule is CCC(N)/C=N/NC(C)=O.CCOC1OC(=O)CC1N.[B]C(=O)C(N)CC.[B]C(O)C(N)CC. The number of carbonyl (C=O) groups excluding carboxylic acids is 3. The van der Waals surface area contributed by atoms with Gasteiger partial charge in [0.1, 0.15) is 7.85 Å². The zero-order chi connectivity index (χ0) is 27.3. The Labute approximate surface area is 205 Å². The Hall–Kier alpha value is -1.83. The van der Waals surface area contributed by atoms with Crippen LogP contribution < -0.4 is 28.4 Å². The van der Waals surface area contributed by atoms with Crippen molar-refractivity contribution in [1.82, 2.24) is 5.43 Å². The van der Waals surface area contributed by atoms with Gasteiger partial charge >= 0.3 is 5.97 Å². The third-order valence-electron chi connectivity index (χ3n) is 4.01. The van der Waals surface area contributed by atoms with Crippen LogP contribution in [0.25, 0.3) is 0 Å². The van der Waals surface area contributed by atoms with E-state index in [1.165, 1.54) is 13.1 Å². The summed E-state index contributed by atoms with van der Waals surface area (Å²) in [4.78, 5) is 30.8. The fourth-order valence-electron chi connectivity index (χ4n) is 1.65. The lowest BCUT2D eigenvalue weighted by molar-refractivity contribution is -0.162. The van der Waals surface area contributed by atoms with Gasteiger partial charge in [0.2, 0.25) is 12.2 Å². The zero-order valence-corrected chi connectivity index (χ0v) is 21.0. The Morgan fingerprint density at radius 2 is 1.79 bits per heavy atom. The number of hydrogen-bond donors (Lipinski definition) is 6. The normalized spacial score (nSPS) is 20.1. The number of hydrazone groups is 1. The molecule has 0 aliphatic carbocycles. The number of aliphatic hydroxyl groups is 1. The van der Waals surface area contributed by atoms with E-state index < -0.39 is 24.0 Å². The molecule has 14 heteroatoms. The van der Waals surface area contributed by atoms with Gasteiger partial charge in [-0.05, 0) is 26.2 Å². The highest BCUT2D eigenvalue weighted by atomic mass is 16.7. The van der Waals surface area contributed by atoms with Crippen molar-refractivity contribution in [1.29, 1.82) is 0 Å². The van der Waals surface area contributed by atoms with Crippen molar-refractivity contribution in [2.75, 3.05) is 6.61 Å². The van der Waals surface area contributed by atoms with Crippen LogP contribution in [0.5, 0.6) is 0 Å². The number of esters is 1. The third-order valence-corrected chi connectivity index (χ3v) is 4.01. The average molecular weight is 484 g/mol. The third kappa shape index (κ3) is 23.3. The Morgan fingerprint density at radius 1 is 1.24 bits per heavy atom. The molecule has 0 aromatic heterocycles. The maximum Gasteiger partial charge on any atom is 0.309 e. The van der Waals surface area contributed by atoms with Crippen molar-refractivity contribution in [3.63, 3.8) is 0 Å². The molecule has 1 fully saturated rings. The van der Waals surface area contributed by atoms with E-state index in [-0.39, 0.29) is 36.4 Å². The van der Waals surface area contributed by atoms with Gasteiger partial charge in [-0.25, -0.2) is 5.43 Å². The first-order valence-electron chi connectivity index (χ1n) is 11.1.